The summed E-state index contributed by atoms with van der Waals surface area (Å²) in [5.74, 6) is 0.313. The largest absolute Gasteiger partial charge is 0.369 e. The molecule has 0 aromatic heterocycles. The Morgan fingerprint density at radius 2 is 1.61 bits per heavy atom. The fourth-order valence-electron chi connectivity index (χ4n) is 3.59. The number of hydrogen-bond donors (Lipinski definition) is 0. The van der Waals surface area contributed by atoms with Crippen molar-refractivity contribution in [3.05, 3.63) is 71.1 Å². The van der Waals surface area contributed by atoms with Crippen LogP contribution in [0.3, 0.4) is 0 Å². The van der Waals surface area contributed by atoms with Crippen LogP contribution in [-0.2, 0) is 11.3 Å². The minimum atomic E-state index is -0.517. The molecule has 0 spiro atoms. The van der Waals surface area contributed by atoms with Crippen molar-refractivity contribution in [3.8, 4) is 0 Å². The van der Waals surface area contributed by atoms with Gasteiger partial charge in [-0.05, 0) is 36.1 Å². The van der Waals surface area contributed by atoms with Crippen LogP contribution in [0.25, 0.3) is 0 Å². The summed E-state index contributed by atoms with van der Waals surface area (Å²) in [6.45, 7) is 10.2. The SMILES string of the molecule is C[C](C)CN1CCN(c2c(F)cc(C(C)OCc3ccccc3)cc2F)CC1. The smallest absolute Gasteiger partial charge is 0.149 e. The topological polar surface area (TPSA) is 15.7 Å². The maximum Gasteiger partial charge on any atom is 0.149 e. The number of ether oxygens (including phenoxy) is 1. The number of nitrogens with zero attached hydrogens (tertiary/aromatic N) is 2. The van der Waals surface area contributed by atoms with Crippen molar-refractivity contribution >= 4 is 5.69 Å². The molecule has 3 rings (SSSR count). The first-order valence-electron chi connectivity index (χ1n) is 9.85. The number of halogens is 2. The first-order valence-corrected chi connectivity index (χ1v) is 9.85. The van der Waals surface area contributed by atoms with Gasteiger partial charge in [-0.2, -0.15) is 0 Å². The molecule has 3 nitrogen and oxygen atoms in total. The third-order valence-corrected chi connectivity index (χ3v) is 5.08. The van der Waals surface area contributed by atoms with Gasteiger partial charge in [-0.25, -0.2) is 8.78 Å². The maximum absolute atomic E-state index is 14.8. The van der Waals surface area contributed by atoms with Crippen molar-refractivity contribution < 1.29 is 13.5 Å². The van der Waals surface area contributed by atoms with Gasteiger partial charge in [0.05, 0.1) is 12.7 Å². The first kappa shape index (κ1) is 20.7. The van der Waals surface area contributed by atoms with E-state index >= 15 is 0 Å². The van der Waals surface area contributed by atoms with E-state index < -0.39 is 17.7 Å². The van der Waals surface area contributed by atoms with Gasteiger partial charge < -0.3 is 9.64 Å². The van der Waals surface area contributed by atoms with Gasteiger partial charge in [-0.15, -0.1) is 0 Å². The number of anilines is 1. The van der Waals surface area contributed by atoms with Crippen molar-refractivity contribution in [2.24, 2.45) is 0 Å². The molecule has 1 heterocycles. The Morgan fingerprint density at radius 3 is 2.18 bits per heavy atom. The summed E-state index contributed by atoms with van der Waals surface area (Å²) < 4.78 is 35.3. The normalized spacial score (nSPS) is 16.6. The Bertz CT molecular complexity index is 735. The Balaban J connectivity index is 1.64. The van der Waals surface area contributed by atoms with Crippen molar-refractivity contribution in [1.29, 1.82) is 0 Å². The molecule has 1 fully saturated rings. The molecule has 2 aromatic rings. The highest BCUT2D eigenvalue weighted by atomic mass is 19.1. The number of piperazine rings is 1. The number of rotatable bonds is 7. The summed E-state index contributed by atoms with van der Waals surface area (Å²) in [4.78, 5) is 4.13. The average Bonchev–Trinajstić information content (AvgIpc) is 2.67. The summed E-state index contributed by atoms with van der Waals surface area (Å²) in [5.41, 5.74) is 1.63. The van der Waals surface area contributed by atoms with E-state index in [2.05, 4.69) is 18.7 Å². The highest BCUT2D eigenvalue weighted by Gasteiger charge is 2.24. The van der Waals surface area contributed by atoms with Gasteiger partial charge in [-0.3, -0.25) is 4.90 Å². The maximum atomic E-state index is 14.8. The molecule has 1 aliphatic heterocycles. The van der Waals surface area contributed by atoms with Crippen LogP contribution in [0.2, 0.25) is 0 Å². The molecule has 0 amide bonds. The highest BCUT2D eigenvalue weighted by Crippen LogP contribution is 2.30. The van der Waals surface area contributed by atoms with Gasteiger partial charge in [0.15, 0.2) is 0 Å². The molecule has 1 unspecified atom stereocenters. The molecule has 1 radical (unpaired) electrons. The third kappa shape index (κ3) is 5.30. The lowest BCUT2D eigenvalue weighted by molar-refractivity contribution is 0.0521. The minimum absolute atomic E-state index is 0.0795. The molecule has 5 heteroatoms. The molecule has 1 saturated heterocycles. The van der Waals surface area contributed by atoms with E-state index in [1.54, 1.807) is 0 Å². The number of hydrogen-bond acceptors (Lipinski definition) is 3. The molecular weight excluding hydrogens is 358 g/mol. The van der Waals surface area contributed by atoms with E-state index in [4.69, 9.17) is 4.74 Å². The lowest BCUT2D eigenvalue weighted by atomic mass is 10.1. The van der Waals surface area contributed by atoms with Gasteiger partial charge in [0.1, 0.15) is 17.3 Å². The van der Waals surface area contributed by atoms with Crippen LogP contribution in [0.5, 0.6) is 0 Å². The fraction of sp³-hybridized carbons (Fsp3) is 0.435. The predicted molar refractivity (Wildman–Crippen MR) is 109 cm³/mol. The second kappa shape index (κ2) is 9.48. The van der Waals surface area contributed by atoms with E-state index in [9.17, 15) is 8.78 Å². The zero-order valence-corrected chi connectivity index (χ0v) is 16.9. The lowest BCUT2D eigenvalue weighted by Crippen LogP contribution is -2.47. The van der Waals surface area contributed by atoms with Gasteiger partial charge in [0.25, 0.3) is 0 Å². The molecular formula is C23H29F2N2O. The van der Waals surface area contributed by atoms with Gasteiger partial charge in [0.2, 0.25) is 0 Å². The quantitative estimate of drug-likeness (QED) is 0.666. The average molecular weight is 387 g/mol. The second-order valence-corrected chi connectivity index (χ2v) is 7.74. The Kier molecular flexibility index (Phi) is 7.03. The summed E-state index contributed by atoms with van der Waals surface area (Å²) in [6, 6.07) is 12.6. The van der Waals surface area contributed by atoms with Crippen LogP contribution in [0.1, 0.15) is 38.0 Å². The molecule has 1 atom stereocenters. The second-order valence-electron chi connectivity index (χ2n) is 7.74. The minimum Gasteiger partial charge on any atom is -0.369 e. The van der Waals surface area contributed by atoms with Crippen molar-refractivity contribution in [1.82, 2.24) is 4.90 Å². The fourth-order valence-corrected chi connectivity index (χ4v) is 3.59. The summed E-state index contributed by atoms with van der Waals surface area (Å²) in [6.07, 6.45) is -0.391. The van der Waals surface area contributed by atoms with Crippen LogP contribution >= 0.6 is 0 Å². The van der Waals surface area contributed by atoms with Gasteiger partial charge >= 0.3 is 0 Å². The summed E-state index contributed by atoms with van der Waals surface area (Å²) in [5, 5.41) is 0. The van der Waals surface area contributed by atoms with Crippen molar-refractivity contribution in [2.45, 2.75) is 33.5 Å². The number of benzene rings is 2. The molecule has 0 N–H and O–H groups in total. The molecule has 151 valence electrons. The Hall–Kier alpha value is -1.98. The first-order chi connectivity index (χ1) is 13.4. The van der Waals surface area contributed by atoms with E-state index in [1.807, 2.05) is 42.2 Å². The molecule has 0 aliphatic carbocycles. The van der Waals surface area contributed by atoms with E-state index in [0.29, 0.717) is 25.3 Å². The van der Waals surface area contributed by atoms with Crippen molar-refractivity contribution in [2.75, 3.05) is 37.6 Å². The monoisotopic (exact) mass is 387 g/mol. The van der Waals surface area contributed by atoms with E-state index in [1.165, 1.54) is 18.1 Å². The van der Waals surface area contributed by atoms with Crippen LogP contribution in [0, 0.1) is 17.6 Å². The summed E-state index contributed by atoms with van der Waals surface area (Å²) in [7, 11) is 0. The van der Waals surface area contributed by atoms with Crippen LogP contribution in [0.4, 0.5) is 14.5 Å². The van der Waals surface area contributed by atoms with Crippen LogP contribution < -0.4 is 4.90 Å². The van der Waals surface area contributed by atoms with E-state index in [0.717, 1.165) is 25.2 Å². The molecule has 28 heavy (non-hydrogen) atoms. The zero-order chi connectivity index (χ0) is 20.1. The predicted octanol–water partition coefficient (Wildman–Crippen LogP) is 4.98. The molecule has 2 aromatic carbocycles. The third-order valence-electron chi connectivity index (χ3n) is 5.08. The lowest BCUT2D eigenvalue weighted by Gasteiger charge is -2.37. The zero-order valence-electron chi connectivity index (χ0n) is 16.9. The van der Waals surface area contributed by atoms with Crippen LogP contribution in [0.15, 0.2) is 42.5 Å². The van der Waals surface area contributed by atoms with Crippen LogP contribution in [-0.4, -0.2) is 37.6 Å². The molecule has 1 aliphatic rings. The van der Waals surface area contributed by atoms with Crippen molar-refractivity contribution in [3.63, 3.8) is 0 Å². The van der Waals surface area contributed by atoms with E-state index in [-0.39, 0.29) is 5.69 Å². The molecule has 0 bridgehead atoms. The standard InChI is InChI=1S/C23H29F2N2O/c1-17(2)15-26-9-11-27(12-10-26)23-21(24)13-20(14-22(23)25)18(3)28-16-19-7-5-4-6-8-19/h4-8,13-14,18H,9-12,15-16H2,1-3H3. The highest BCUT2D eigenvalue weighted by molar-refractivity contribution is 5.51. The molecule has 0 saturated carbocycles. The Morgan fingerprint density at radius 1 is 1.00 bits per heavy atom. The Labute approximate surface area is 166 Å². The van der Waals surface area contributed by atoms with Gasteiger partial charge in [0, 0.05) is 32.7 Å². The van der Waals surface area contributed by atoms with Gasteiger partial charge in [-0.1, -0.05) is 44.2 Å². The summed E-state index contributed by atoms with van der Waals surface area (Å²) >= 11 is 0.